The summed E-state index contributed by atoms with van der Waals surface area (Å²) in [5.74, 6) is 3.44. The van der Waals surface area contributed by atoms with Crippen molar-refractivity contribution < 1.29 is 9.53 Å². The van der Waals surface area contributed by atoms with E-state index in [1.54, 1.807) is 7.11 Å². The second-order valence-electron chi connectivity index (χ2n) is 5.60. The summed E-state index contributed by atoms with van der Waals surface area (Å²) in [6, 6.07) is 8.17. The van der Waals surface area contributed by atoms with Crippen molar-refractivity contribution in [2.24, 2.45) is 5.92 Å². The highest BCUT2D eigenvalue weighted by atomic mass is 32.2. The molecule has 0 unspecified atom stereocenters. The summed E-state index contributed by atoms with van der Waals surface area (Å²) in [5, 5.41) is 0. The molecule has 0 spiro atoms. The first kappa shape index (κ1) is 14.6. The van der Waals surface area contributed by atoms with Crippen molar-refractivity contribution in [2.75, 3.05) is 43.3 Å². The van der Waals surface area contributed by atoms with E-state index in [0.29, 0.717) is 5.91 Å². The number of amides is 1. The number of carbonyl (C=O) groups is 1. The van der Waals surface area contributed by atoms with Crippen molar-refractivity contribution in [3.8, 4) is 5.75 Å². The van der Waals surface area contributed by atoms with Gasteiger partial charge < -0.3 is 14.5 Å². The lowest BCUT2D eigenvalue weighted by Gasteiger charge is -2.34. The van der Waals surface area contributed by atoms with E-state index in [1.807, 2.05) is 28.8 Å². The van der Waals surface area contributed by atoms with E-state index in [1.165, 1.54) is 5.69 Å². The minimum absolute atomic E-state index is 0.213. The number of hydrogen-bond donors (Lipinski definition) is 0. The van der Waals surface area contributed by atoms with Crippen LogP contribution < -0.4 is 9.64 Å². The Morgan fingerprint density at radius 3 is 2.76 bits per heavy atom. The third-order valence-electron chi connectivity index (χ3n) is 4.33. The quantitative estimate of drug-likeness (QED) is 0.859. The van der Waals surface area contributed by atoms with Gasteiger partial charge in [0.2, 0.25) is 5.91 Å². The first-order valence-electron chi connectivity index (χ1n) is 7.53. The van der Waals surface area contributed by atoms with Gasteiger partial charge in [-0.25, -0.2) is 0 Å². The molecule has 1 amide bonds. The second-order valence-corrected chi connectivity index (χ2v) is 6.68. The number of piperidine rings is 1. The number of carbonyl (C=O) groups excluding carboxylic acids is 1. The number of ether oxygens (including phenoxy) is 1. The third kappa shape index (κ3) is 3.28. The van der Waals surface area contributed by atoms with Crippen LogP contribution in [0.4, 0.5) is 5.69 Å². The van der Waals surface area contributed by atoms with Crippen LogP contribution in [0.25, 0.3) is 0 Å². The predicted octanol–water partition coefficient (Wildman–Crippen LogP) is 2.44. The first-order valence-corrected chi connectivity index (χ1v) is 8.69. The van der Waals surface area contributed by atoms with Crippen molar-refractivity contribution in [3.63, 3.8) is 0 Å². The zero-order valence-corrected chi connectivity index (χ0v) is 13.3. The van der Waals surface area contributed by atoms with E-state index in [9.17, 15) is 4.79 Å². The van der Waals surface area contributed by atoms with Crippen LogP contribution >= 0.6 is 11.8 Å². The fourth-order valence-electron chi connectivity index (χ4n) is 3.04. The molecular formula is C16H22N2O2S. The van der Waals surface area contributed by atoms with Gasteiger partial charge in [0.1, 0.15) is 5.75 Å². The predicted molar refractivity (Wildman–Crippen MR) is 87.0 cm³/mol. The maximum Gasteiger partial charge on any atom is 0.226 e. The molecule has 5 heteroatoms. The molecule has 2 saturated heterocycles. The molecule has 0 saturated carbocycles. The molecule has 2 heterocycles. The van der Waals surface area contributed by atoms with Gasteiger partial charge in [-0.05, 0) is 25.0 Å². The average molecular weight is 306 g/mol. The Labute approximate surface area is 130 Å². The van der Waals surface area contributed by atoms with Gasteiger partial charge in [-0.1, -0.05) is 6.07 Å². The summed E-state index contributed by atoms with van der Waals surface area (Å²) in [7, 11) is 1.69. The molecule has 0 N–H and O–H groups in total. The number of hydrogen-bond acceptors (Lipinski definition) is 4. The maximum absolute atomic E-state index is 12.4. The Hall–Kier alpha value is -1.36. The fraction of sp³-hybridized carbons (Fsp3) is 0.562. The topological polar surface area (TPSA) is 32.8 Å². The molecule has 0 aromatic heterocycles. The second kappa shape index (κ2) is 6.60. The summed E-state index contributed by atoms with van der Waals surface area (Å²) in [6.45, 7) is 2.83. The smallest absolute Gasteiger partial charge is 0.226 e. The van der Waals surface area contributed by atoms with Gasteiger partial charge >= 0.3 is 0 Å². The van der Waals surface area contributed by atoms with E-state index in [4.69, 9.17) is 4.74 Å². The Bertz CT molecular complexity index is 495. The summed E-state index contributed by atoms with van der Waals surface area (Å²) < 4.78 is 5.28. The molecule has 2 aliphatic heterocycles. The summed E-state index contributed by atoms with van der Waals surface area (Å²) in [6.07, 6.45) is 1.91. The van der Waals surface area contributed by atoms with Gasteiger partial charge in [-0.3, -0.25) is 4.79 Å². The highest BCUT2D eigenvalue weighted by Crippen LogP contribution is 2.28. The van der Waals surface area contributed by atoms with Gasteiger partial charge in [0.05, 0.1) is 13.0 Å². The summed E-state index contributed by atoms with van der Waals surface area (Å²) >= 11 is 1.86. The lowest BCUT2D eigenvalue weighted by Crippen LogP contribution is -2.41. The highest BCUT2D eigenvalue weighted by Gasteiger charge is 2.30. The van der Waals surface area contributed by atoms with Crippen LogP contribution in [-0.2, 0) is 4.79 Å². The Balaban J connectivity index is 1.58. The van der Waals surface area contributed by atoms with E-state index in [-0.39, 0.29) is 5.92 Å². The van der Waals surface area contributed by atoms with Gasteiger partial charge in [0.25, 0.3) is 0 Å². The monoisotopic (exact) mass is 306 g/mol. The number of thioether (sulfide) groups is 1. The van der Waals surface area contributed by atoms with E-state index in [0.717, 1.165) is 49.9 Å². The van der Waals surface area contributed by atoms with Crippen molar-refractivity contribution in [2.45, 2.75) is 12.8 Å². The van der Waals surface area contributed by atoms with Crippen molar-refractivity contribution in [1.82, 2.24) is 4.90 Å². The van der Waals surface area contributed by atoms with Crippen LogP contribution in [0.15, 0.2) is 24.3 Å². The molecule has 1 aromatic rings. The van der Waals surface area contributed by atoms with Gasteiger partial charge in [0, 0.05) is 43.1 Å². The normalized spacial score (nSPS) is 19.9. The van der Waals surface area contributed by atoms with Crippen LogP contribution in [0.3, 0.4) is 0 Å². The SMILES string of the molecule is COc1cccc(N2CCC(C(=O)N3CCSC3)CC2)c1. The summed E-state index contributed by atoms with van der Waals surface area (Å²) in [4.78, 5) is 16.8. The number of benzene rings is 1. The fourth-order valence-corrected chi connectivity index (χ4v) is 3.99. The Kier molecular flexibility index (Phi) is 4.58. The molecule has 3 rings (SSSR count). The molecule has 0 atom stereocenters. The van der Waals surface area contributed by atoms with E-state index in [2.05, 4.69) is 17.0 Å². The van der Waals surface area contributed by atoms with Crippen molar-refractivity contribution in [3.05, 3.63) is 24.3 Å². The Morgan fingerprint density at radius 1 is 1.29 bits per heavy atom. The van der Waals surface area contributed by atoms with Crippen LogP contribution in [0, 0.1) is 5.92 Å². The van der Waals surface area contributed by atoms with Crippen LogP contribution in [0.5, 0.6) is 5.75 Å². The van der Waals surface area contributed by atoms with Crippen LogP contribution in [-0.4, -0.2) is 49.2 Å². The molecule has 4 nitrogen and oxygen atoms in total. The molecule has 0 aliphatic carbocycles. The largest absolute Gasteiger partial charge is 0.497 e. The highest BCUT2D eigenvalue weighted by molar-refractivity contribution is 7.99. The summed E-state index contributed by atoms with van der Waals surface area (Å²) in [5.41, 5.74) is 1.19. The number of rotatable bonds is 3. The van der Waals surface area contributed by atoms with Gasteiger partial charge in [-0.2, -0.15) is 0 Å². The lowest BCUT2D eigenvalue weighted by atomic mass is 9.95. The number of methoxy groups -OCH3 is 1. The molecule has 0 bridgehead atoms. The zero-order chi connectivity index (χ0) is 14.7. The average Bonchev–Trinajstić information content (AvgIpc) is 3.09. The van der Waals surface area contributed by atoms with E-state index >= 15 is 0 Å². The van der Waals surface area contributed by atoms with Crippen LogP contribution in [0.2, 0.25) is 0 Å². The molecule has 2 fully saturated rings. The number of anilines is 1. The zero-order valence-electron chi connectivity index (χ0n) is 12.5. The minimum Gasteiger partial charge on any atom is -0.497 e. The molecule has 21 heavy (non-hydrogen) atoms. The molecule has 2 aliphatic rings. The standard InChI is InChI=1S/C16H22N2O2S/c1-20-15-4-2-3-14(11-15)17-7-5-13(6-8-17)16(19)18-9-10-21-12-18/h2-4,11,13H,5-10,12H2,1H3. The Morgan fingerprint density at radius 2 is 2.10 bits per heavy atom. The van der Waals surface area contributed by atoms with Gasteiger partial charge in [0.15, 0.2) is 0 Å². The van der Waals surface area contributed by atoms with Crippen LogP contribution in [0.1, 0.15) is 12.8 Å². The van der Waals surface area contributed by atoms with Crippen molar-refractivity contribution >= 4 is 23.4 Å². The molecule has 114 valence electrons. The van der Waals surface area contributed by atoms with E-state index < -0.39 is 0 Å². The molecule has 1 aromatic carbocycles. The third-order valence-corrected chi connectivity index (χ3v) is 5.29. The molecular weight excluding hydrogens is 284 g/mol. The number of nitrogens with zero attached hydrogens (tertiary/aromatic N) is 2. The lowest BCUT2D eigenvalue weighted by molar-refractivity contribution is -0.134. The minimum atomic E-state index is 0.213. The molecule has 0 radical (unpaired) electrons. The van der Waals surface area contributed by atoms with Gasteiger partial charge in [-0.15, -0.1) is 11.8 Å². The maximum atomic E-state index is 12.4. The van der Waals surface area contributed by atoms with Crippen molar-refractivity contribution in [1.29, 1.82) is 0 Å². The first-order chi connectivity index (χ1) is 10.3.